The molecule has 0 unspecified atom stereocenters. The Morgan fingerprint density at radius 2 is 1.29 bits per heavy atom. The van der Waals surface area contributed by atoms with Crippen LogP contribution in [0.1, 0.15) is 65.7 Å². The zero-order valence-corrected chi connectivity index (χ0v) is 17.9. The Hall–Kier alpha value is -3.15. The first-order chi connectivity index (χ1) is 15.0. The van der Waals surface area contributed by atoms with Gasteiger partial charge in [-0.15, -0.1) is 0 Å². The molecular weight excluding hydrogens is 390 g/mol. The van der Waals surface area contributed by atoms with Gasteiger partial charge in [-0.05, 0) is 74.2 Å². The quantitative estimate of drug-likeness (QED) is 0.713. The van der Waals surface area contributed by atoms with Gasteiger partial charge >= 0.3 is 0 Å². The second-order valence-corrected chi connectivity index (χ2v) is 8.58. The van der Waals surface area contributed by atoms with Crippen molar-refractivity contribution in [1.82, 2.24) is 4.90 Å². The molecule has 2 aromatic rings. The van der Waals surface area contributed by atoms with Crippen molar-refractivity contribution < 1.29 is 14.4 Å². The second-order valence-electron chi connectivity index (χ2n) is 8.58. The maximum Gasteiger partial charge on any atom is 0.255 e. The highest BCUT2D eigenvalue weighted by Gasteiger charge is 2.29. The summed E-state index contributed by atoms with van der Waals surface area (Å²) in [6, 6.07) is 14.2. The molecule has 0 saturated heterocycles. The van der Waals surface area contributed by atoms with Crippen LogP contribution < -0.4 is 10.6 Å². The van der Waals surface area contributed by atoms with E-state index in [0.717, 1.165) is 25.7 Å². The van der Waals surface area contributed by atoms with Gasteiger partial charge in [0.25, 0.3) is 11.8 Å². The lowest BCUT2D eigenvalue weighted by molar-refractivity contribution is -0.117. The zero-order chi connectivity index (χ0) is 21.8. The summed E-state index contributed by atoms with van der Waals surface area (Å²) in [6.07, 6.45) is 7.66. The number of hydrogen-bond donors (Lipinski definition) is 2. The number of nitrogens with one attached hydrogen (secondary N) is 2. The van der Waals surface area contributed by atoms with E-state index in [-0.39, 0.29) is 23.6 Å². The van der Waals surface area contributed by atoms with Crippen molar-refractivity contribution in [3.63, 3.8) is 0 Å². The van der Waals surface area contributed by atoms with Crippen LogP contribution in [0.2, 0.25) is 0 Å². The summed E-state index contributed by atoms with van der Waals surface area (Å²) in [6.45, 7) is 0. The molecule has 3 amide bonds. The summed E-state index contributed by atoms with van der Waals surface area (Å²) in [5, 5.41) is 5.72. The third-order valence-electron chi connectivity index (χ3n) is 6.20. The maximum atomic E-state index is 12.8. The summed E-state index contributed by atoms with van der Waals surface area (Å²) >= 11 is 0. The van der Waals surface area contributed by atoms with E-state index >= 15 is 0 Å². The highest BCUT2D eigenvalue weighted by Crippen LogP contribution is 2.30. The molecule has 0 aliphatic heterocycles. The van der Waals surface area contributed by atoms with Crippen LogP contribution in [-0.4, -0.2) is 35.7 Å². The lowest BCUT2D eigenvalue weighted by Gasteiger charge is -2.31. The van der Waals surface area contributed by atoms with E-state index in [2.05, 4.69) is 10.6 Å². The fourth-order valence-electron chi connectivity index (χ4n) is 4.03. The van der Waals surface area contributed by atoms with Gasteiger partial charge in [0.1, 0.15) is 0 Å². The Balaban J connectivity index is 1.33. The minimum Gasteiger partial charge on any atom is -0.339 e. The third-order valence-corrected chi connectivity index (χ3v) is 6.20. The number of nitrogens with zero attached hydrogens (tertiary/aromatic N) is 1. The molecule has 31 heavy (non-hydrogen) atoms. The molecule has 2 aliphatic rings. The second kappa shape index (κ2) is 9.33. The summed E-state index contributed by atoms with van der Waals surface area (Å²) in [5.74, 6) is -0.0340. The Bertz CT molecular complexity index is 943. The van der Waals surface area contributed by atoms with Crippen LogP contribution in [0.3, 0.4) is 0 Å². The summed E-state index contributed by atoms with van der Waals surface area (Å²) < 4.78 is 0. The van der Waals surface area contributed by atoms with E-state index in [4.69, 9.17) is 0 Å². The van der Waals surface area contributed by atoms with Crippen LogP contribution >= 0.6 is 0 Å². The first-order valence-electron chi connectivity index (χ1n) is 11.1. The van der Waals surface area contributed by atoms with E-state index in [1.807, 2.05) is 11.9 Å². The molecule has 0 spiro atoms. The average molecular weight is 420 g/mol. The number of benzene rings is 2. The predicted molar refractivity (Wildman–Crippen MR) is 121 cm³/mol. The molecule has 0 bridgehead atoms. The molecule has 0 aromatic heterocycles. The number of hydrogen-bond acceptors (Lipinski definition) is 3. The smallest absolute Gasteiger partial charge is 0.255 e. The number of carbonyl (C=O) groups excluding carboxylic acids is 3. The number of carbonyl (C=O) groups is 3. The van der Waals surface area contributed by atoms with Gasteiger partial charge in [0, 0.05) is 41.5 Å². The van der Waals surface area contributed by atoms with Crippen LogP contribution in [0.4, 0.5) is 11.4 Å². The number of rotatable bonds is 6. The highest BCUT2D eigenvalue weighted by molar-refractivity contribution is 6.05. The minimum atomic E-state index is -0.238. The Morgan fingerprint density at radius 3 is 1.87 bits per heavy atom. The molecule has 162 valence electrons. The van der Waals surface area contributed by atoms with Gasteiger partial charge in [-0.25, -0.2) is 0 Å². The van der Waals surface area contributed by atoms with Crippen molar-refractivity contribution >= 4 is 29.1 Å². The Labute approximate surface area is 183 Å². The fourth-order valence-corrected chi connectivity index (χ4v) is 4.03. The lowest BCUT2D eigenvalue weighted by atomic mass is 9.94. The lowest BCUT2D eigenvalue weighted by Crippen LogP contribution is -2.38. The molecule has 2 aliphatic carbocycles. The molecule has 6 nitrogen and oxygen atoms in total. The van der Waals surface area contributed by atoms with Crippen LogP contribution in [-0.2, 0) is 4.79 Å². The number of amides is 3. The van der Waals surface area contributed by atoms with Gasteiger partial charge in [-0.2, -0.15) is 0 Å². The summed E-state index contributed by atoms with van der Waals surface area (Å²) in [7, 11) is 1.88. The van der Waals surface area contributed by atoms with Gasteiger partial charge in [-0.3, -0.25) is 14.4 Å². The van der Waals surface area contributed by atoms with E-state index in [9.17, 15) is 14.4 Å². The topological polar surface area (TPSA) is 78.5 Å². The SMILES string of the molecule is CN(C(=O)c1ccc(NC(=O)c2ccc(NC(=O)C3CC3)cc2)cc1)C1CCCCC1. The Morgan fingerprint density at radius 1 is 0.742 bits per heavy atom. The maximum absolute atomic E-state index is 12.8. The normalized spacial score (nSPS) is 16.4. The van der Waals surface area contributed by atoms with Crippen molar-refractivity contribution in [2.45, 2.75) is 51.0 Å². The summed E-state index contributed by atoms with van der Waals surface area (Å²) in [4.78, 5) is 39.0. The summed E-state index contributed by atoms with van der Waals surface area (Å²) in [5.41, 5.74) is 2.45. The van der Waals surface area contributed by atoms with E-state index in [1.54, 1.807) is 48.5 Å². The largest absolute Gasteiger partial charge is 0.339 e. The van der Waals surface area contributed by atoms with Crippen LogP contribution in [0.25, 0.3) is 0 Å². The predicted octanol–water partition coefficient (Wildman–Crippen LogP) is 4.69. The van der Waals surface area contributed by atoms with Gasteiger partial charge < -0.3 is 15.5 Å². The first kappa shape index (κ1) is 21.1. The standard InChI is InChI=1S/C25H29N3O3/c1-28(22-5-3-2-4-6-22)25(31)19-11-15-21(16-12-19)27-24(30)18-9-13-20(14-10-18)26-23(29)17-7-8-17/h9-17,22H,2-8H2,1H3,(H,26,29)(H,27,30). The van der Waals surface area contributed by atoms with E-state index < -0.39 is 0 Å². The van der Waals surface area contributed by atoms with Crippen LogP contribution in [0, 0.1) is 5.92 Å². The van der Waals surface area contributed by atoms with E-state index in [1.165, 1.54) is 19.3 Å². The molecule has 2 fully saturated rings. The van der Waals surface area contributed by atoms with Crippen LogP contribution in [0.5, 0.6) is 0 Å². The molecular formula is C25H29N3O3. The van der Waals surface area contributed by atoms with Crippen molar-refractivity contribution in [2.24, 2.45) is 5.92 Å². The van der Waals surface area contributed by atoms with Crippen molar-refractivity contribution in [3.8, 4) is 0 Å². The molecule has 4 rings (SSSR count). The first-order valence-corrected chi connectivity index (χ1v) is 11.1. The zero-order valence-electron chi connectivity index (χ0n) is 17.9. The third kappa shape index (κ3) is 5.32. The monoisotopic (exact) mass is 419 g/mol. The highest BCUT2D eigenvalue weighted by atomic mass is 16.2. The minimum absolute atomic E-state index is 0.0219. The van der Waals surface area contributed by atoms with Gasteiger partial charge in [0.2, 0.25) is 5.91 Å². The van der Waals surface area contributed by atoms with Crippen molar-refractivity contribution in [2.75, 3.05) is 17.7 Å². The van der Waals surface area contributed by atoms with Crippen molar-refractivity contribution in [3.05, 3.63) is 59.7 Å². The van der Waals surface area contributed by atoms with Gasteiger partial charge in [0.15, 0.2) is 0 Å². The molecule has 0 radical (unpaired) electrons. The van der Waals surface area contributed by atoms with E-state index in [0.29, 0.717) is 28.5 Å². The number of anilines is 2. The molecule has 2 N–H and O–H groups in total. The molecule has 6 heteroatoms. The molecule has 2 saturated carbocycles. The van der Waals surface area contributed by atoms with Crippen LogP contribution in [0.15, 0.2) is 48.5 Å². The Kier molecular flexibility index (Phi) is 6.35. The molecule has 0 atom stereocenters. The van der Waals surface area contributed by atoms with Gasteiger partial charge in [0.05, 0.1) is 0 Å². The molecule has 0 heterocycles. The fraction of sp³-hybridized carbons (Fsp3) is 0.400. The molecule has 2 aromatic carbocycles. The average Bonchev–Trinajstić information content (AvgIpc) is 3.65. The van der Waals surface area contributed by atoms with Crippen molar-refractivity contribution in [1.29, 1.82) is 0 Å². The van der Waals surface area contributed by atoms with Gasteiger partial charge in [-0.1, -0.05) is 19.3 Å².